The number of benzene rings is 2. The molecule has 2 aromatic carbocycles. The van der Waals surface area contributed by atoms with Crippen molar-refractivity contribution in [3.05, 3.63) is 76.2 Å². The molecule has 34 heavy (non-hydrogen) atoms. The minimum absolute atomic E-state index is 0.00490. The number of hydrogen-bond acceptors (Lipinski definition) is 6. The molecule has 1 saturated carbocycles. The van der Waals surface area contributed by atoms with Gasteiger partial charge in [0, 0.05) is 35.3 Å². The Hall–Kier alpha value is -2.54. The fourth-order valence-electron chi connectivity index (χ4n) is 6.81. The van der Waals surface area contributed by atoms with Crippen LogP contribution in [0.4, 0.5) is 0 Å². The van der Waals surface area contributed by atoms with Crippen LogP contribution in [0.3, 0.4) is 0 Å². The van der Waals surface area contributed by atoms with E-state index in [9.17, 15) is 9.90 Å². The average Bonchev–Trinajstić information content (AvgIpc) is 3.28. The number of ether oxygens (including phenoxy) is 3. The molecule has 1 heterocycles. The van der Waals surface area contributed by atoms with Crippen molar-refractivity contribution in [1.29, 1.82) is 0 Å². The number of fused-ring (bicyclic) bond motifs is 3. The molecular formula is C28H28O5S. The third-order valence-corrected chi connectivity index (χ3v) is 9.56. The van der Waals surface area contributed by atoms with Gasteiger partial charge in [0.2, 0.25) is 11.6 Å². The van der Waals surface area contributed by atoms with Crippen LogP contribution >= 0.6 is 11.8 Å². The molecule has 3 aliphatic carbocycles. The van der Waals surface area contributed by atoms with Crippen molar-refractivity contribution in [3.8, 4) is 5.75 Å². The summed E-state index contributed by atoms with van der Waals surface area (Å²) in [5, 5.41) is 11.5. The number of carbonyl (C=O) groups excluding carboxylic acids is 1. The standard InChI is InChI=1S/C28H28O5S/c1-27-13-12-21(34-17-9-5-4-6-10-17)18-15-33-28(32-3,25(18)27)26(30)23-19(27)14-16-8-7-11-20(31-2)22(16)24(23)29/h4-12,18-19,25,29H,13-15H2,1-3H3/t18?,19?,25?,27-,28-/m0/s1. The molecule has 0 amide bonds. The molecule has 3 unspecified atom stereocenters. The van der Waals surface area contributed by atoms with E-state index in [0.29, 0.717) is 29.9 Å². The van der Waals surface area contributed by atoms with Gasteiger partial charge in [0.25, 0.3) is 0 Å². The first-order chi connectivity index (χ1) is 16.4. The summed E-state index contributed by atoms with van der Waals surface area (Å²) in [7, 11) is 3.14. The number of rotatable bonds is 4. The van der Waals surface area contributed by atoms with Gasteiger partial charge in [-0.3, -0.25) is 4.79 Å². The Bertz CT molecular complexity index is 1230. The van der Waals surface area contributed by atoms with Gasteiger partial charge in [0.1, 0.15) is 11.5 Å². The number of hydrogen-bond donors (Lipinski definition) is 1. The molecule has 0 bridgehead atoms. The third-order valence-electron chi connectivity index (χ3n) is 8.34. The highest BCUT2D eigenvalue weighted by molar-refractivity contribution is 8.03. The van der Waals surface area contributed by atoms with E-state index in [1.807, 2.05) is 36.4 Å². The van der Waals surface area contributed by atoms with E-state index in [2.05, 4.69) is 25.1 Å². The summed E-state index contributed by atoms with van der Waals surface area (Å²) in [5.41, 5.74) is 1.73. The molecule has 0 spiro atoms. The number of methoxy groups -OCH3 is 2. The molecule has 4 aliphatic rings. The molecule has 1 saturated heterocycles. The average molecular weight is 477 g/mol. The molecular weight excluding hydrogens is 448 g/mol. The maximum absolute atomic E-state index is 14.1. The molecule has 2 aromatic rings. The quantitative estimate of drug-likeness (QED) is 0.637. The van der Waals surface area contributed by atoms with Crippen LogP contribution in [0.15, 0.2) is 70.0 Å². The Kier molecular flexibility index (Phi) is 5.00. The fourth-order valence-corrected chi connectivity index (χ4v) is 7.90. The summed E-state index contributed by atoms with van der Waals surface area (Å²) in [5.74, 6) is -1.27. The minimum atomic E-state index is -1.39. The Morgan fingerprint density at radius 2 is 1.91 bits per heavy atom. The fraction of sp³-hybridized carbons (Fsp3) is 0.393. The van der Waals surface area contributed by atoms with Crippen LogP contribution in [0.1, 0.15) is 24.5 Å². The van der Waals surface area contributed by atoms with E-state index in [1.165, 1.54) is 9.80 Å². The Morgan fingerprint density at radius 1 is 1.12 bits per heavy atom. The second-order valence-corrected chi connectivity index (χ2v) is 11.0. The Balaban J connectivity index is 1.51. The van der Waals surface area contributed by atoms with Gasteiger partial charge in [0.15, 0.2) is 0 Å². The number of Topliss-reactive ketones (excluding diaryl/α,β-unsaturated/α-hetero) is 1. The zero-order valence-electron chi connectivity index (χ0n) is 19.5. The Labute approximate surface area is 203 Å². The molecule has 6 heteroatoms. The maximum Gasteiger partial charge on any atom is 0.237 e. The van der Waals surface area contributed by atoms with E-state index >= 15 is 0 Å². The molecule has 5 atom stereocenters. The molecule has 1 aliphatic heterocycles. The van der Waals surface area contributed by atoms with Crippen molar-refractivity contribution in [2.75, 3.05) is 20.8 Å². The lowest BCUT2D eigenvalue weighted by molar-refractivity contribution is -0.235. The molecule has 2 fully saturated rings. The van der Waals surface area contributed by atoms with Gasteiger partial charge in [-0.15, -0.1) is 0 Å². The minimum Gasteiger partial charge on any atom is -0.507 e. The second-order valence-electron chi connectivity index (χ2n) is 9.84. The highest BCUT2D eigenvalue weighted by Crippen LogP contribution is 2.66. The first kappa shape index (κ1) is 22.0. The van der Waals surface area contributed by atoms with Crippen LogP contribution in [0, 0.1) is 23.2 Å². The van der Waals surface area contributed by atoms with Crippen molar-refractivity contribution in [2.24, 2.45) is 23.2 Å². The smallest absolute Gasteiger partial charge is 0.237 e. The number of ketones is 1. The van der Waals surface area contributed by atoms with Crippen molar-refractivity contribution in [2.45, 2.75) is 30.4 Å². The molecule has 0 aromatic heterocycles. The SMILES string of the molecule is COc1cccc2c1C(O)=C1C(=O)[C@@]3(OC)OCC4C(Sc5ccccc5)=CC[C@@](C)(C1C2)C43. The number of aliphatic hydroxyl groups is 1. The lowest BCUT2D eigenvalue weighted by atomic mass is 9.49. The molecule has 5 nitrogen and oxygen atoms in total. The summed E-state index contributed by atoms with van der Waals surface area (Å²) in [6, 6.07) is 16.1. The van der Waals surface area contributed by atoms with Crippen LogP contribution in [-0.4, -0.2) is 37.5 Å². The first-order valence-corrected chi connectivity index (χ1v) is 12.5. The van der Waals surface area contributed by atoms with Crippen LogP contribution in [0.2, 0.25) is 0 Å². The predicted octanol–water partition coefficient (Wildman–Crippen LogP) is 5.41. The molecule has 0 radical (unpaired) electrons. The van der Waals surface area contributed by atoms with Gasteiger partial charge in [-0.2, -0.15) is 0 Å². The summed E-state index contributed by atoms with van der Waals surface area (Å²) in [6.45, 7) is 2.66. The largest absolute Gasteiger partial charge is 0.507 e. The van der Waals surface area contributed by atoms with Gasteiger partial charge < -0.3 is 19.3 Å². The molecule has 176 valence electrons. The van der Waals surface area contributed by atoms with Crippen molar-refractivity contribution in [3.63, 3.8) is 0 Å². The lowest BCUT2D eigenvalue weighted by Gasteiger charge is -2.56. The van der Waals surface area contributed by atoms with E-state index in [0.717, 1.165) is 12.0 Å². The van der Waals surface area contributed by atoms with E-state index in [1.54, 1.807) is 26.0 Å². The molecule has 6 rings (SSSR count). The van der Waals surface area contributed by atoms with E-state index < -0.39 is 5.79 Å². The highest BCUT2D eigenvalue weighted by atomic mass is 32.2. The van der Waals surface area contributed by atoms with Gasteiger partial charge in [0.05, 0.1) is 19.3 Å². The number of aliphatic hydroxyl groups excluding tert-OH is 1. The van der Waals surface area contributed by atoms with Crippen molar-refractivity contribution >= 4 is 23.3 Å². The van der Waals surface area contributed by atoms with Gasteiger partial charge in [-0.05, 0) is 46.9 Å². The highest BCUT2D eigenvalue weighted by Gasteiger charge is 2.71. The van der Waals surface area contributed by atoms with Gasteiger partial charge >= 0.3 is 0 Å². The number of carbonyl (C=O) groups is 1. The van der Waals surface area contributed by atoms with Gasteiger partial charge in [-0.25, -0.2) is 0 Å². The summed E-state index contributed by atoms with van der Waals surface area (Å²) in [6.07, 6.45) is 3.78. The topological polar surface area (TPSA) is 65.0 Å². The van der Waals surface area contributed by atoms with Crippen LogP contribution in [0.5, 0.6) is 5.75 Å². The first-order valence-electron chi connectivity index (χ1n) is 11.7. The normalized spacial score (nSPS) is 33.7. The van der Waals surface area contributed by atoms with E-state index in [4.69, 9.17) is 14.2 Å². The van der Waals surface area contributed by atoms with Gasteiger partial charge in [-0.1, -0.05) is 55.1 Å². The van der Waals surface area contributed by atoms with Crippen molar-refractivity contribution in [1.82, 2.24) is 0 Å². The number of thioether (sulfide) groups is 1. The molecule has 1 N–H and O–H groups in total. The van der Waals surface area contributed by atoms with Crippen molar-refractivity contribution < 1.29 is 24.1 Å². The zero-order chi connectivity index (χ0) is 23.7. The third kappa shape index (κ3) is 2.79. The summed E-state index contributed by atoms with van der Waals surface area (Å²) >= 11 is 1.75. The second kappa shape index (κ2) is 7.74. The maximum atomic E-state index is 14.1. The van der Waals surface area contributed by atoms with Crippen LogP contribution in [-0.2, 0) is 20.7 Å². The lowest BCUT2D eigenvalue weighted by Crippen LogP contribution is -2.62. The van der Waals surface area contributed by atoms with E-state index in [-0.39, 0.29) is 34.7 Å². The Morgan fingerprint density at radius 3 is 2.65 bits per heavy atom. The number of allylic oxidation sites excluding steroid dienone is 1. The van der Waals surface area contributed by atoms with Crippen LogP contribution < -0.4 is 4.74 Å². The summed E-state index contributed by atoms with van der Waals surface area (Å²) in [4.78, 5) is 16.5. The monoisotopic (exact) mass is 476 g/mol. The predicted molar refractivity (Wildman–Crippen MR) is 131 cm³/mol. The van der Waals surface area contributed by atoms with Crippen LogP contribution in [0.25, 0.3) is 5.76 Å². The zero-order valence-corrected chi connectivity index (χ0v) is 20.4. The summed E-state index contributed by atoms with van der Waals surface area (Å²) < 4.78 is 17.8.